The van der Waals surface area contributed by atoms with Gasteiger partial charge in [0, 0.05) is 4.47 Å². The van der Waals surface area contributed by atoms with Crippen LogP contribution in [0.2, 0.25) is 0 Å². The zero-order valence-electron chi connectivity index (χ0n) is 7.51. The number of hydrogen-bond donors (Lipinski definition) is 1. The van der Waals surface area contributed by atoms with Crippen LogP contribution in [0, 0.1) is 11.6 Å². The van der Waals surface area contributed by atoms with Gasteiger partial charge in [-0.1, -0.05) is 15.9 Å². The number of carbonyl (C=O) groups is 1. The highest BCUT2D eigenvalue weighted by atomic mass is 79.9. The fraction of sp³-hybridized carbons (Fsp3) is 0.222. The van der Waals surface area contributed by atoms with Crippen molar-refractivity contribution >= 4 is 27.5 Å². The van der Waals surface area contributed by atoms with Crippen LogP contribution >= 0.6 is 15.9 Å². The number of rotatable bonds is 1. The quantitative estimate of drug-likeness (QED) is 0.789. The first kappa shape index (κ1) is 10.5. The van der Waals surface area contributed by atoms with Gasteiger partial charge in [0.1, 0.15) is 11.7 Å². The molecular formula is C9H7BrF2N2O. The number of hydrogen-bond acceptors (Lipinski definition) is 2. The lowest BCUT2D eigenvalue weighted by molar-refractivity contribution is -0.123. The first-order valence-electron chi connectivity index (χ1n) is 4.22. The van der Waals surface area contributed by atoms with E-state index in [-0.39, 0.29) is 12.2 Å². The molecule has 1 aliphatic heterocycles. The minimum atomic E-state index is -0.776. The summed E-state index contributed by atoms with van der Waals surface area (Å²) in [5.41, 5.74) is 5.01. The van der Waals surface area contributed by atoms with Crippen LogP contribution in [-0.4, -0.2) is 18.5 Å². The Bertz CT molecular complexity index is 415. The molecule has 1 atom stereocenters. The Morgan fingerprint density at radius 3 is 2.33 bits per heavy atom. The normalized spacial score (nSPS) is 20.4. The van der Waals surface area contributed by atoms with Crippen molar-refractivity contribution in [1.29, 1.82) is 0 Å². The number of halogens is 3. The molecule has 0 aromatic heterocycles. The topological polar surface area (TPSA) is 46.3 Å². The number of benzene rings is 1. The monoisotopic (exact) mass is 276 g/mol. The number of amides is 1. The van der Waals surface area contributed by atoms with E-state index in [9.17, 15) is 13.6 Å². The molecule has 1 fully saturated rings. The second kappa shape index (κ2) is 3.53. The summed E-state index contributed by atoms with van der Waals surface area (Å²) in [6.07, 6.45) is 0. The maximum absolute atomic E-state index is 13.4. The molecule has 1 heterocycles. The summed E-state index contributed by atoms with van der Waals surface area (Å²) in [5, 5.41) is 0. The van der Waals surface area contributed by atoms with Gasteiger partial charge in [-0.2, -0.15) is 0 Å². The fourth-order valence-corrected chi connectivity index (χ4v) is 1.85. The lowest BCUT2D eigenvalue weighted by Gasteiger charge is -2.36. The molecule has 2 rings (SSSR count). The highest BCUT2D eigenvalue weighted by molar-refractivity contribution is 9.10. The molecule has 80 valence electrons. The number of β-lactam (4-membered cyclic amide) rings is 1. The van der Waals surface area contributed by atoms with E-state index in [0.29, 0.717) is 4.47 Å². The third kappa shape index (κ3) is 1.63. The third-order valence-corrected chi connectivity index (χ3v) is 2.67. The van der Waals surface area contributed by atoms with E-state index >= 15 is 0 Å². The van der Waals surface area contributed by atoms with Crippen LogP contribution < -0.4 is 10.6 Å². The van der Waals surface area contributed by atoms with Gasteiger partial charge in [-0.05, 0) is 12.1 Å². The highest BCUT2D eigenvalue weighted by Crippen LogP contribution is 2.30. The lowest BCUT2D eigenvalue weighted by atomic mass is 10.1. The molecule has 0 aliphatic carbocycles. The predicted molar refractivity (Wildman–Crippen MR) is 54.4 cm³/mol. The van der Waals surface area contributed by atoms with E-state index in [1.54, 1.807) is 0 Å². The van der Waals surface area contributed by atoms with Gasteiger partial charge in [0.15, 0.2) is 11.6 Å². The van der Waals surface area contributed by atoms with Crippen molar-refractivity contribution in [3.63, 3.8) is 0 Å². The predicted octanol–water partition coefficient (Wildman–Crippen LogP) is 1.40. The molecule has 1 unspecified atom stereocenters. The standard InChI is InChI=1S/C9H7BrF2N2O/c10-4-1-5(11)8(6(12)2-4)14-3-7(13)9(14)15/h1-2,7H,3,13H2. The molecule has 1 aromatic rings. The SMILES string of the molecule is NC1CN(c2c(F)cc(Br)cc2F)C1=O. The van der Waals surface area contributed by atoms with Gasteiger partial charge in [0.25, 0.3) is 0 Å². The second-order valence-electron chi connectivity index (χ2n) is 3.27. The Balaban J connectivity index is 2.41. The molecule has 15 heavy (non-hydrogen) atoms. The molecule has 1 aliphatic rings. The molecule has 0 saturated carbocycles. The van der Waals surface area contributed by atoms with Crippen molar-refractivity contribution in [3.05, 3.63) is 28.2 Å². The minimum Gasteiger partial charge on any atom is -0.318 e. The maximum atomic E-state index is 13.4. The second-order valence-corrected chi connectivity index (χ2v) is 4.19. The summed E-state index contributed by atoms with van der Waals surface area (Å²) in [6.45, 7) is 0.147. The molecular weight excluding hydrogens is 270 g/mol. The lowest BCUT2D eigenvalue weighted by Crippen LogP contribution is -2.61. The molecule has 3 nitrogen and oxygen atoms in total. The van der Waals surface area contributed by atoms with Crippen molar-refractivity contribution < 1.29 is 13.6 Å². The Labute approximate surface area is 93.0 Å². The van der Waals surface area contributed by atoms with Crippen molar-refractivity contribution in [3.8, 4) is 0 Å². The summed E-state index contributed by atoms with van der Waals surface area (Å²) in [7, 11) is 0. The third-order valence-electron chi connectivity index (χ3n) is 2.21. The molecule has 0 bridgehead atoms. The van der Waals surface area contributed by atoms with Gasteiger partial charge in [0.05, 0.1) is 6.54 Å². The summed E-state index contributed by atoms with van der Waals surface area (Å²) in [4.78, 5) is 12.2. The molecule has 1 saturated heterocycles. The number of carbonyl (C=O) groups excluding carboxylic acids is 1. The van der Waals surface area contributed by atoms with Crippen LogP contribution in [-0.2, 0) is 4.79 Å². The molecule has 6 heteroatoms. The first-order chi connectivity index (χ1) is 7.00. The van der Waals surface area contributed by atoms with E-state index in [2.05, 4.69) is 15.9 Å². The largest absolute Gasteiger partial charge is 0.318 e. The van der Waals surface area contributed by atoms with E-state index < -0.39 is 23.6 Å². The number of nitrogens with two attached hydrogens (primary N) is 1. The van der Waals surface area contributed by atoms with Crippen molar-refractivity contribution in [2.45, 2.75) is 6.04 Å². The van der Waals surface area contributed by atoms with Crippen molar-refractivity contribution in [2.75, 3.05) is 11.4 Å². The van der Waals surface area contributed by atoms with Gasteiger partial charge in [-0.15, -0.1) is 0 Å². The zero-order chi connectivity index (χ0) is 11.2. The van der Waals surface area contributed by atoms with E-state index in [1.165, 1.54) is 0 Å². The van der Waals surface area contributed by atoms with Crippen LogP contribution in [0.25, 0.3) is 0 Å². The Kier molecular flexibility index (Phi) is 2.47. The molecule has 0 spiro atoms. The maximum Gasteiger partial charge on any atom is 0.245 e. The van der Waals surface area contributed by atoms with Gasteiger partial charge in [-0.25, -0.2) is 8.78 Å². The van der Waals surface area contributed by atoms with Crippen molar-refractivity contribution in [2.24, 2.45) is 5.73 Å². The van der Waals surface area contributed by atoms with Crippen LogP contribution in [0.3, 0.4) is 0 Å². The zero-order valence-corrected chi connectivity index (χ0v) is 9.09. The highest BCUT2D eigenvalue weighted by Gasteiger charge is 2.37. The van der Waals surface area contributed by atoms with Gasteiger partial charge >= 0.3 is 0 Å². The Morgan fingerprint density at radius 2 is 1.93 bits per heavy atom. The Hall–Kier alpha value is -1.01. The fourth-order valence-electron chi connectivity index (χ4n) is 1.45. The molecule has 1 amide bonds. The van der Waals surface area contributed by atoms with Crippen LogP contribution in [0.15, 0.2) is 16.6 Å². The van der Waals surface area contributed by atoms with Gasteiger partial charge in [-0.3, -0.25) is 4.79 Å². The summed E-state index contributed by atoms with van der Waals surface area (Å²) >= 11 is 2.95. The summed E-state index contributed by atoms with van der Waals surface area (Å²) < 4.78 is 27.0. The first-order valence-corrected chi connectivity index (χ1v) is 5.01. The van der Waals surface area contributed by atoms with Gasteiger partial charge in [0.2, 0.25) is 5.91 Å². The smallest absolute Gasteiger partial charge is 0.245 e. The summed E-state index contributed by atoms with van der Waals surface area (Å²) in [5.74, 6) is -2.01. The average molecular weight is 277 g/mol. The van der Waals surface area contributed by atoms with E-state index in [4.69, 9.17) is 5.73 Å². The molecule has 1 aromatic carbocycles. The Morgan fingerprint density at radius 1 is 1.40 bits per heavy atom. The number of nitrogens with zero attached hydrogens (tertiary/aromatic N) is 1. The molecule has 2 N–H and O–H groups in total. The van der Waals surface area contributed by atoms with Gasteiger partial charge < -0.3 is 10.6 Å². The van der Waals surface area contributed by atoms with Crippen molar-refractivity contribution in [1.82, 2.24) is 0 Å². The minimum absolute atomic E-state index is 0.147. The number of anilines is 1. The van der Waals surface area contributed by atoms with Crippen LogP contribution in [0.1, 0.15) is 0 Å². The van der Waals surface area contributed by atoms with E-state index in [1.807, 2.05) is 0 Å². The average Bonchev–Trinajstić information content (AvgIpc) is 2.15. The van der Waals surface area contributed by atoms with Crippen LogP contribution in [0.4, 0.5) is 14.5 Å². The van der Waals surface area contributed by atoms with E-state index in [0.717, 1.165) is 17.0 Å². The van der Waals surface area contributed by atoms with Crippen LogP contribution in [0.5, 0.6) is 0 Å². The molecule has 0 radical (unpaired) electrons. The summed E-state index contributed by atoms with van der Waals surface area (Å²) in [6, 6.07) is 1.57.